The van der Waals surface area contributed by atoms with Gasteiger partial charge in [0.1, 0.15) is 11.7 Å². The molecule has 5 aliphatic heterocycles. The monoisotopic (exact) mass is 2120 g/mol. The van der Waals surface area contributed by atoms with Crippen LogP contribution in [0.15, 0.2) is 29.1 Å². The maximum absolute atomic E-state index is 12.9. The molecule has 52 nitrogen and oxygen atoms in total. The van der Waals surface area contributed by atoms with Crippen molar-refractivity contribution in [3.05, 3.63) is 75.1 Å². The van der Waals surface area contributed by atoms with Gasteiger partial charge in [0.25, 0.3) is 39.6 Å². The van der Waals surface area contributed by atoms with E-state index >= 15 is 0 Å². The number of nitrogens with one attached hydrogen (secondary N) is 4. The number of hydrogen-bond acceptors (Lipinski definition) is 35. The van der Waals surface area contributed by atoms with Crippen LogP contribution in [0.25, 0.3) is 55.8 Å². The van der Waals surface area contributed by atoms with Crippen LogP contribution in [-0.4, -0.2) is 332 Å². The second kappa shape index (κ2) is 50.9. The molecule has 10 aromatic rings. The molecular weight excluding hydrogens is 2010 g/mol. The zero-order valence-electron chi connectivity index (χ0n) is 82.8. The summed E-state index contributed by atoms with van der Waals surface area (Å²) < 4.78 is 140. The van der Waals surface area contributed by atoms with E-state index < -0.39 is 86.3 Å². The number of nitrogens with two attached hydrogens (primary N) is 2. The average molecular weight is 2120 g/mol. The number of nitrogens with zero attached hydrogens (tertiary/aromatic N) is 27. The van der Waals surface area contributed by atoms with Crippen molar-refractivity contribution in [2.45, 2.75) is 124 Å². The first-order chi connectivity index (χ1) is 70.0. The summed E-state index contributed by atoms with van der Waals surface area (Å²) in [6, 6.07) is 1.93. The first kappa shape index (κ1) is 118. The van der Waals surface area contributed by atoms with E-state index in [1.165, 1.54) is 39.7 Å². The molecule has 15 heterocycles. The fourth-order valence-electron chi connectivity index (χ4n) is 14.5. The lowest BCUT2D eigenvalue weighted by molar-refractivity contribution is -0.193. The smallest absolute Gasteiger partial charge is 0.475 e. The summed E-state index contributed by atoms with van der Waals surface area (Å²) in [6.07, 6.45) is -15.6. The van der Waals surface area contributed by atoms with Crippen LogP contribution in [0.4, 0.5) is 74.0 Å². The van der Waals surface area contributed by atoms with Crippen LogP contribution >= 0.6 is 0 Å². The minimum Gasteiger partial charge on any atom is -0.475 e. The number of rotatable bonds is 15. The maximum Gasteiger partial charge on any atom is 0.490 e. The molecule has 0 radical (unpaired) electrons. The number of primary amides is 2. The van der Waals surface area contributed by atoms with E-state index in [1.807, 2.05) is 31.7 Å². The summed E-state index contributed by atoms with van der Waals surface area (Å²) in [6.45, 7) is 31.8. The van der Waals surface area contributed by atoms with E-state index in [4.69, 9.17) is 51.2 Å². The lowest BCUT2D eigenvalue weighted by Gasteiger charge is -2.36. The number of aromatic carboxylic acids is 1. The number of piperazine rings is 5. The number of imidazole rings is 5. The Bertz CT molecular complexity index is 7350. The number of sulfone groups is 1. The molecule has 0 aromatic carbocycles. The average Bonchev–Trinajstić information content (AvgIpc) is 2.24. The Labute approximate surface area is 839 Å². The Balaban J connectivity index is 0.000000216. The van der Waals surface area contributed by atoms with Crippen LogP contribution in [0.3, 0.4) is 0 Å². The molecule has 802 valence electrons. The molecule has 149 heavy (non-hydrogen) atoms. The third-order valence-corrected chi connectivity index (χ3v) is 23.5. The molecule has 0 unspecified atom stereocenters. The number of halogens is 9. The van der Waals surface area contributed by atoms with E-state index in [9.17, 15) is 96.2 Å². The van der Waals surface area contributed by atoms with Crippen LogP contribution in [0, 0.1) is 70.5 Å². The van der Waals surface area contributed by atoms with Crippen LogP contribution in [0.2, 0.25) is 0 Å². The third-order valence-electron chi connectivity index (χ3n) is 21.8. The summed E-state index contributed by atoms with van der Waals surface area (Å²) >= 11 is 0. The van der Waals surface area contributed by atoms with Crippen molar-refractivity contribution in [1.82, 2.24) is 122 Å². The fraction of sp³-hybridized carbons (Fsp3) is 0.506. The normalized spacial score (nSPS) is 14.1. The predicted molar refractivity (Wildman–Crippen MR) is 519 cm³/mol. The number of carboxylic acids is 4. The number of amides is 3. The van der Waals surface area contributed by atoms with Crippen molar-refractivity contribution in [1.29, 1.82) is 5.26 Å². The SMILES string of the molecule is CC#CCn1c(N2CCN(C(=O)OC(C)(C)C)CC2)nc2nc(C(N)=O)n(C)c(=O)c21.CC#CCn1c(N2CCNCC2)nc2nc(C#N)n(C)c(=O)c21.CC#CCn1c(N2CCNCC2)nc2nc(C(=O)O)n(C)c(=O)c21.CC#CCn1c(N2CCNCC2)nc2nc(C(N)=O)n(C)c(=O)c21.CC#CCn1c(N2CCNCC2)nc2nc(S(=O)(=O)CC)n(C)c(=O)c21.O=C(O)C(F)(F)F.O=C(O)C(F)(F)F.O=C(O)C(F)(F)F. The van der Waals surface area contributed by atoms with Gasteiger partial charge in [-0.3, -0.25) is 79.2 Å². The molecule has 0 atom stereocenters. The molecule has 62 heteroatoms. The first-order valence-corrected chi connectivity index (χ1v) is 46.4. The maximum atomic E-state index is 12.9. The number of ether oxygens (including phenoxy) is 1. The van der Waals surface area contributed by atoms with Crippen LogP contribution < -0.4 is 85.0 Å². The largest absolute Gasteiger partial charge is 0.490 e. The van der Waals surface area contributed by atoms with Crippen LogP contribution in [0.1, 0.15) is 100.0 Å². The molecule has 0 saturated carbocycles. The number of nitriles is 1. The fourth-order valence-corrected chi connectivity index (χ4v) is 15.5. The van der Waals surface area contributed by atoms with Gasteiger partial charge in [0.05, 0.1) is 38.5 Å². The number of aliphatic carboxylic acids is 3. The van der Waals surface area contributed by atoms with Gasteiger partial charge in [-0.15, -0.1) is 29.6 Å². The Hall–Kier alpha value is -16.7. The van der Waals surface area contributed by atoms with Crippen molar-refractivity contribution < 1.29 is 107 Å². The highest BCUT2D eigenvalue weighted by Crippen LogP contribution is 2.28. The summed E-state index contributed by atoms with van der Waals surface area (Å²) in [5.41, 5.74) is 10.6. The Morgan fingerprint density at radius 2 is 0.611 bits per heavy atom. The summed E-state index contributed by atoms with van der Waals surface area (Å²) in [7, 11) is 3.64. The van der Waals surface area contributed by atoms with Gasteiger partial charge in [-0.25, -0.2) is 47.3 Å². The minimum atomic E-state index is -5.08. The highest BCUT2D eigenvalue weighted by molar-refractivity contribution is 7.91. The van der Waals surface area contributed by atoms with Gasteiger partial charge in [-0.2, -0.15) is 79.7 Å². The molecule has 0 bridgehead atoms. The number of aromatic nitrogens is 20. The molecule has 0 spiro atoms. The van der Waals surface area contributed by atoms with Crippen LogP contribution in [0.5, 0.6) is 0 Å². The number of carboxylic acid groups (broad SMARTS) is 4. The summed E-state index contributed by atoms with van der Waals surface area (Å²) in [5.74, 6) is 20.2. The summed E-state index contributed by atoms with van der Waals surface area (Å²) in [4.78, 5) is 193. The predicted octanol–water partition coefficient (Wildman–Crippen LogP) is -1.08. The molecule has 10 aromatic heterocycles. The van der Waals surface area contributed by atoms with Crippen molar-refractivity contribution in [2.75, 3.05) is 161 Å². The van der Waals surface area contributed by atoms with E-state index in [1.54, 1.807) is 69.4 Å². The second-order valence-electron chi connectivity index (χ2n) is 32.8. The van der Waals surface area contributed by atoms with E-state index in [2.05, 4.69) is 150 Å². The number of fused-ring (bicyclic) bond motifs is 5. The van der Waals surface area contributed by atoms with Crippen molar-refractivity contribution in [2.24, 2.45) is 46.7 Å². The third kappa shape index (κ3) is 29.0. The molecule has 0 aliphatic carbocycles. The molecule has 5 aliphatic rings. The van der Waals surface area contributed by atoms with Gasteiger partial charge in [0.2, 0.25) is 68.0 Å². The lowest BCUT2D eigenvalue weighted by atomic mass is 10.2. The van der Waals surface area contributed by atoms with E-state index in [0.29, 0.717) is 98.8 Å². The topological polar surface area (TPSA) is 651 Å². The number of carbonyl (C=O) groups is 7. The molecule has 12 N–H and O–H groups in total. The molecule has 5 fully saturated rings. The zero-order valence-corrected chi connectivity index (χ0v) is 83.7. The molecule has 5 saturated heterocycles. The lowest BCUT2D eigenvalue weighted by Crippen LogP contribution is -2.50. The minimum absolute atomic E-state index is 0.0561. The standard InChI is InChI=1S/C20H27N7O4.C16H22N6O3S.C15H19N7O2.C15H17N7O.C15H18N6O3.3C2HF3O2/c1-6-7-8-27-13-15(22-16(14(21)28)24(5)17(13)29)23-18(27)25-9-11-26(12-10-25)19(30)31-20(2,3)4;1-4-6-9-22-12-13(18-15(22)21-10-7-17-8-11-21)19-16(20(3)14(12)23)26(24,25)5-2;1-3-4-7-22-10-12(18-13(11(16)23)20(2)14(10)24)19-15(22)21-8-5-17-6-9-21;1-3-4-7-22-12-13(18-11(10-16)20(2)14(12)23)19-15(22)21-8-5-17-6-9-21;1-3-4-7-21-10-11(17-12(14(23)24)19(2)13(10)22)18-15(21)20-8-5-16-6-9-20;3*3-2(4,5)1(6)7/h8-12H2,1-5H3,(H2,21,28);17H,5,7-11H2,1-3H3;17H,5-9H2,1-2H3,(H2,16,23);17H,5-9H2,1-2H3;16H,5-9H2,1-2H3,(H,23,24);3*(H,6,7). The van der Waals surface area contributed by atoms with Gasteiger partial charge in [0.15, 0.2) is 55.8 Å². The van der Waals surface area contributed by atoms with Crippen LogP contribution in [-0.2, 0) is 96.9 Å². The number of alkyl halides is 9. The second-order valence-corrected chi connectivity index (χ2v) is 35.0. The molecule has 15 rings (SSSR count). The number of hydrogen-bond donors (Lipinski definition) is 10. The van der Waals surface area contributed by atoms with Gasteiger partial charge < -0.3 is 87.3 Å². The summed E-state index contributed by atoms with van der Waals surface area (Å²) in [5, 5.41) is 52.6. The zero-order chi connectivity index (χ0) is 111. The quantitative estimate of drug-likeness (QED) is 0.0332. The van der Waals surface area contributed by atoms with Gasteiger partial charge in [0, 0.05) is 166 Å². The molecule has 3 amide bonds. The highest BCUT2D eigenvalue weighted by atomic mass is 32.2. The van der Waals surface area contributed by atoms with Gasteiger partial charge in [-0.1, -0.05) is 36.5 Å². The Kier molecular flexibility index (Phi) is 40.1. The number of carbonyl (C=O) groups excluding carboxylic acids is 3. The van der Waals surface area contributed by atoms with Gasteiger partial charge >= 0.3 is 48.5 Å². The Morgan fingerprint density at radius 3 is 0.846 bits per heavy atom. The van der Waals surface area contributed by atoms with E-state index in [-0.39, 0.29) is 97.1 Å². The number of anilines is 5. The van der Waals surface area contributed by atoms with Crippen molar-refractivity contribution in [3.8, 4) is 65.3 Å². The van der Waals surface area contributed by atoms with E-state index in [0.717, 1.165) is 123 Å². The highest BCUT2D eigenvalue weighted by Gasteiger charge is 2.41. The Morgan fingerprint density at radius 1 is 0.376 bits per heavy atom. The van der Waals surface area contributed by atoms with Crippen molar-refractivity contribution in [3.63, 3.8) is 0 Å². The molecular formula is C87H106F9N33O19S. The van der Waals surface area contributed by atoms with Crippen molar-refractivity contribution >= 4 is 137 Å². The van der Waals surface area contributed by atoms with Gasteiger partial charge in [-0.05, 0) is 55.4 Å². The first-order valence-electron chi connectivity index (χ1n) is 44.8.